The third-order valence-corrected chi connectivity index (χ3v) is 3.92. The summed E-state index contributed by atoms with van der Waals surface area (Å²) >= 11 is 5.85. The zero-order valence-electron chi connectivity index (χ0n) is 12.8. The predicted octanol–water partition coefficient (Wildman–Crippen LogP) is 2.93. The average Bonchev–Trinajstić information content (AvgIpc) is 2.85. The molecule has 1 aromatic rings. The molecule has 1 heterocycles. The van der Waals surface area contributed by atoms with Crippen molar-refractivity contribution in [2.75, 3.05) is 18.0 Å². The number of nitrogens with zero attached hydrogens (tertiary/aromatic N) is 1. The maximum Gasteiger partial charge on any atom is 0.315 e. The van der Waals surface area contributed by atoms with Gasteiger partial charge in [0.2, 0.25) is 5.91 Å². The van der Waals surface area contributed by atoms with E-state index in [1.165, 1.54) is 0 Å². The van der Waals surface area contributed by atoms with Crippen molar-refractivity contribution < 1.29 is 9.59 Å². The molecule has 120 valence electrons. The van der Waals surface area contributed by atoms with Crippen molar-refractivity contribution in [2.24, 2.45) is 0 Å². The van der Waals surface area contributed by atoms with E-state index in [2.05, 4.69) is 17.6 Å². The van der Waals surface area contributed by atoms with Gasteiger partial charge >= 0.3 is 6.03 Å². The van der Waals surface area contributed by atoms with Crippen LogP contribution in [-0.4, -0.2) is 31.1 Å². The Kier molecular flexibility index (Phi) is 6.07. The molecule has 1 saturated heterocycles. The van der Waals surface area contributed by atoms with E-state index in [9.17, 15) is 9.59 Å². The van der Waals surface area contributed by atoms with Gasteiger partial charge in [-0.15, -0.1) is 0 Å². The Labute approximate surface area is 136 Å². The van der Waals surface area contributed by atoms with Crippen molar-refractivity contribution in [3.8, 4) is 0 Å². The Hall–Kier alpha value is -1.75. The second-order valence-electron chi connectivity index (χ2n) is 5.49. The summed E-state index contributed by atoms with van der Waals surface area (Å²) in [6, 6.07) is 6.78. The van der Waals surface area contributed by atoms with Gasteiger partial charge in [-0.05, 0) is 30.7 Å². The number of rotatable bonds is 6. The fourth-order valence-electron chi connectivity index (χ4n) is 2.49. The Morgan fingerprint density at radius 1 is 1.32 bits per heavy atom. The van der Waals surface area contributed by atoms with E-state index in [0.29, 0.717) is 24.5 Å². The van der Waals surface area contributed by atoms with E-state index < -0.39 is 0 Å². The molecule has 0 aliphatic carbocycles. The van der Waals surface area contributed by atoms with Gasteiger partial charge in [-0.2, -0.15) is 0 Å². The standard InChI is InChI=1S/C16H22ClN3O2/c1-2-3-4-9-18-16(22)19-13-10-15(21)20(11-13)14-7-5-12(17)6-8-14/h5-8,13H,2-4,9-11H2,1H3,(H2,18,19,22)/t13-/m1/s1. The molecule has 2 rings (SSSR count). The molecule has 0 spiro atoms. The number of halogens is 1. The number of carbonyl (C=O) groups is 2. The summed E-state index contributed by atoms with van der Waals surface area (Å²) < 4.78 is 0. The molecule has 0 bridgehead atoms. The van der Waals surface area contributed by atoms with Crippen molar-refractivity contribution in [1.29, 1.82) is 0 Å². The average molecular weight is 324 g/mol. The summed E-state index contributed by atoms with van der Waals surface area (Å²) in [5.41, 5.74) is 0.807. The van der Waals surface area contributed by atoms with Gasteiger partial charge < -0.3 is 15.5 Å². The smallest absolute Gasteiger partial charge is 0.315 e. The zero-order chi connectivity index (χ0) is 15.9. The van der Waals surface area contributed by atoms with Crippen molar-refractivity contribution in [3.63, 3.8) is 0 Å². The lowest BCUT2D eigenvalue weighted by Gasteiger charge is -2.17. The number of anilines is 1. The second-order valence-corrected chi connectivity index (χ2v) is 5.93. The molecule has 5 nitrogen and oxygen atoms in total. The fraction of sp³-hybridized carbons (Fsp3) is 0.500. The molecule has 0 radical (unpaired) electrons. The number of nitrogens with one attached hydrogen (secondary N) is 2. The summed E-state index contributed by atoms with van der Waals surface area (Å²) in [5.74, 6) is 0.0126. The van der Waals surface area contributed by atoms with Gasteiger partial charge in [0.05, 0.1) is 6.04 Å². The Morgan fingerprint density at radius 3 is 2.73 bits per heavy atom. The van der Waals surface area contributed by atoms with Crippen LogP contribution in [0.1, 0.15) is 32.6 Å². The maximum absolute atomic E-state index is 12.1. The number of unbranched alkanes of at least 4 members (excludes halogenated alkanes) is 2. The number of benzene rings is 1. The van der Waals surface area contributed by atoms with Gasteiger partial charge in [0.25, 0.3) is 0 Å². The van der Waals surface area contributed by atoms with E-state index in [0.717, 1.165) is 24.9 Å². The summed E-state index contributed by atoms with van der Waals surface area (Å²) in [4.78, 5) is 25.5. The van der Waals surface area contributed by atoms with Crippen molar-refractivity contribution in [3.05, 3.63) is 29.3 Å². The van der Waals surface area contributed by atoms with Crippen LogP contribution in [0, 0.1) is 0 Å². The molecule has 1 aliphatic heterocycles. The molecule has 1 aromatic carbocycles. The fourth-order valence-corrected chi connectivity index (χ4v) is 2.61. The van der Waals surface area contributed by atoms with Crippen LogP contribution < -0.4 is 15.5 Å². The molecule has 2 N–H and O–H groups in total. The minimum atomic E-state index is -0.202. The molecule has 0 saturated carbocycles. The van der Waals surface area contributed by atoms with Crippen molar-refractivity contribution in [2.45, 2.75) is 38.6 Å². The van der Waals surface area contributed by atoms with Crippen LogP contribution in [0.3, 0.4) is 0 Å². The van der Waals surface area contributed by atoms with Crippen molar-refractivity contribution >= 4 is 29.2 Å². The summed E-state index contributed by atoms with van der Waals surface area (Å²) in [6.45, 7) is 3.28. The first kappa shape index (κ1) is 16.6. The molecular formula is C16H22ClN3O2. The molecule has 22 heavy (non-hydrogen) atoms. The Morgan fingerprint density at radius 2 is 2.05 bits per heavy atom. The first-order valence-electron chi connectivity index (χ1n) is 7.70. The van der Waals surface area contributed by atoms with Crippen molar-refractivity contribution in [1.82, 2.24) is 10.6 Å². The SMILES string of the molecule is CCCCCNC(=O)N[C@@H]1CC(=O)N(c2ccc(Cl)cc2)C1. The molecule has 0 aromatic heterocycles. The molecule has 0 unspecified atom stereocenters. The molecule has 1 atom stereocenters. The maximum atomic E-state index is 12.1. The Bertz CT molecular complexity index is 519. The lowest BCUT2D eigenvalue weighted by Crippen LogP contribution is -2.43. The van der Waals surface area contributed by atoms with Gasteiger partial charge in [-0.25, -0.2) is 4.79 Å². The highest BCUT2D eigenvalue weighted by Crippen LogP contribution is 2.23. The largest absolute Gasteiger partial charge is 0.338 e. The van der Waals surface area contributed by atoms with Crippen LogP contribution in [0.15, 0.2) is 24.3 Å². The van der Waals surface area contributed by atoms with Crippen LogP contribution in [0.25, 0.3) is 0 Å². The highest BCUT2D eigenvalue weighted by Gasteiger charge is 2.31. The normalized spacial score (nSPS) is 17.6. The van der Waals surface area contributed by atoms with Crippen LogP contribution in [0.5, 0.6) is 0 Å². The number of urea groups is 1. The predicted molar refractivity (Wildman–Crippen MR) is 88.3 cm³/mol. The second kappa shape index (κ2) is 8.03. The lowest BCUT2D eigenvalue weighted by atomic mass is 10.2. The quantitative estimate of drug-likeness (QED) is 0.791. The first-order chi connectivity index (χ1) is 10.6. The third kappa shape index (κ3) is 4.63. The number of amides is 3. The number of carbonyl (C=O) groups excluding carboxylic acids is 2. The van der Waals surface area contributed by atoms with Gasteiger partial charge in [-0.3, -0.25) is 4.79 Å². The minimum absolute atomic E-state index is 0.0126. The van der Waals surface area contributed by atoms with E-state index >= 15 is 0 Å². The van der Waals surface area contributed by atoms with Gasteiger partial charge in [0.15, 0.2) is 0 Å². The molecular weight excluding hydrogens is 302 g/mol. The van der Waals surface area contributed by atoms with E-state index in [4.69, 9.17) is 11.6 Å². The summed E-state index contributed by atoms with van der Waals surface area (Å²) in [6.07, 6.45) is 3.53. The van der Waals surface area contributed by atoms with E-state index in [1.54, 1.807) is 17.0 Å². The highest BCUT2D eigenvalue weighted by atomic mass is 35.5. The molecule has 6 heteroatoms. The highest BCUT2D eigenvalue weighted by molar-refractivity contribution is 6.30. The first-order valence-corrected chi connectivity index (χ1v) is 8.08. The van der Waals surface area contributed by atoms with Gasteiger partial charge in [-0.1, -0.05) is 31.4 Å². The lowest BCUT2D eigenvalue weighted by molar-refractivity contribution is -0.117. The molecule has 3 amide bonds. The summed E-state index contributed by atoms with van der Waals surface area (Å²) in [7, 11) is 0. The van der Waals surface area contributed by atoms with Crippen LogP contribution >= 0.6 is 11.6 Å². The third-order valence-electron chi connectivity index (χ3n) is 3.66. The number of hydrogen-bond donors (Lipinski definition) is 2. The van der Waals surface area contributed by atoms with Crippen LogP contribution in [0.2, 0.25) is 5.02 Å². The van der Waals surface area contributed by atoms with E-state index in [1.807, 2.05) is 12.1 Å². The topological polar surface area (TPSA) is 61.4 Å². The summed E-state index contributed by atoms with van der Waals surface area (Å²) in [5, 5.41) is 6.32. The van der Waals surface area contributed by atoms with Gasteiger partial charge in [0, 0.05) is 30.2 Å². The Balaban J connectivity index is 1.82. The van der Waals surface area contributed by atoms with Crippen LogP contribution in [-0.2, 0) is 4.79 Å². The minimum Gasteiger partial charge on any atom is -0.338 e. The molecule has 1 aliphatic rings. The molecule has 1 fully saturated rings. The van der Waals surface area contributed by atoms with E-state index in [-0.39, 0.29) is 18.0 Å². The van der Waals surface area contributed by atoms with Gasteiger partial charge in [0.1, 0.15) is 0 Å². The van der Waals surface area contributed by atoms with Crippen LogP contribution in [0.4, 0.5) is 10.5 Å². The zero-order valence-corrected chi connectivity index (χ0v) is 13.5. The number of hydrogen-bond acceptors (Lipinski definition) is 2. The monoisotopic (exact) mass is 323 g/mol.